The standard InChI is InChI=1S/2C18H19N3O2/c2*1-10(2)20-18(23)17-13-8-19-14-5-3-4-12(16(13)14)11-6-7-15(22)21(17)9-11/h2*3-8,10-11,17,19H,9H2,1-2H3,(H,20,23)/t2*11-,17-/m10/s1. The molecule has 8 rings (SSSR count). The fraction of sp³-hybridized carbons (Fsp3) is 0.333. The summed E-state index contributed by atoms with van der Waals surface area (Å²) in [5.74, 6) is -0.203. The van der Waals surface area contributed by atoms with E-state index in [1.165, 1.54) is 11.1 Å². The third-order valence-corrected chi connectivity index (χ3v) is 9.20. The smallest absolute Gasteiger partial charge is 0.247 e. The van der Waals surface area contributed by atoms with Crippen molar-refractivity contribution in [3.63, 3.8) is 0 Å². The Labute approximate surface area is 266 Å². The number of aromatic nitrogens is 2. The predicted molar refractivity (Wildman–Crippen MR) is 176 cm³/mol. The van der Waals surface area contributed by atoms with Crippen LogP contribution in [0.25, 0.3) is 21.8 Å². The van der Waals surface area contributed by atoms with Gasteiger partial charge in [0.05, 0.1) is 0 Å². The number of hydrogen-bond donors (Lipinski definition) is 4. The van der Waals surface area contributed by atoms with E-state index in [-0.39, 0.29) is 47.5 Å². The fourth-order valence-corrected chi connectivity index (χ4v) is 7.34. The molecule has 10 nitrogen and oxygen atoms in total. The Balaban J connectivity index is 0.000000147. The second kappa shape index (κ2) is 11.3. The Morgan fingerprint density at radius 3 is 1.48 bits per heavy atom. The van der Waals surface area contributed by atoms with Gasteiger partial charge in [0.1, 0.15) is 12.1 Å². The molecule has 4 atom stereocenters. The summed E-state index contributed by atoms with van der Waals surface area (Å²) in [6.07, 6.45) is 10.8. The van der Waals surface area contributed by atoms with Crippen LogP contribution in [0.2, 0.25) is 0 Å². The highest BCUT2D eigenvalue weighted by Crippen LogP contribution is 2.42. The first kappa shape index (κ1) is 29.6. The van der Waals surface area contributed by atoms with Gasteiger partial charge in [-0.3, -0.25) is 19.2 Å². The van der Waals surface area contributed by atoms with Gasteiger partial charge in [-0.1, -0.05) is 36.4 Å². The van der Waals surface area contributed by atoms with Crippen molar-refractivity contribution in [3.05, 3.63) is 95.3 Å². The number of rotatable bonds is 4. The van der Waals surface area contributed by atoms with Crippen LogP contribution >= 0.6 is 0 Å². The number of benzene rings is 2. The fourth-order valence-electron chi connectivity index (χ4n) is 7.34. The molecule has 2 aromatic carbocycles. The molecule has 0 aliphatic carbocycles. The number of aromatic amines is 2. The third-order valence-electron chi connectivity index (χ3n) is 9.20. The lowest BCUT2D eigenvalue weighted by atomic mass is 9.93. The summed E-state index contributed by atoms with van der Waals surface area (Å²) in [6.45, 7) is 8.79. The Morgan fingerprint density at radius 1 is 0.674 bits per heavy atom. The summed E-state index contributed by atoms with van der Waals surface area (Å²) in [4.78, 5) is 60.3. The van der Waals surface area contributed by atoms with Crippen molar-refractivity contribution < 1.29 is 19.2 Å². The van der Waals surface area contributed by atoms with Crippen molar-refractivity contribution in [1.82, 2.24) is 30.4 Å². The molecule has 4 N–H and O–H groups in total. The van der Waals surface area contributed by atoms with Crippen molar-refractivity contribution in [1.29, 1.82) is 0 Å². The van der Waals surface area contributed by atoms with Gasteiger partial charge < -0.3 is 30.4 Å². The van der Waals surface area contributed by atoms with Gasteiger partial charge >= 0.3 is 0 Å². The van der Waals surface area contributed by atoms with Crippen LogP contribution < -0.4 is 10.6 Å². The zero-order chi connectivity index (χ0) is 32.3. The molecule has 0 radical (unpaired) electrons. The summed E-state index contributed by atoms with van der Waals surface area (Å²) in [5, 5.41) is 8.06. The van der Waals surface area contributed by atoms with Crippen LogP contribution in [0.5, 0.6) is 0 Å². The number of carbonyl (C=O) groups excluding carboxylic acids is 4. The Bertz CT molecular complexity index is 1810. The highest BCUT2D eigenvalue weighted by atomic mass is 16.2. The van der Waals surface area contributed by atoms with Crippen molar-refractivity contribution in [2.45, 2.75) is 63.7 Å². The first-order chi connectivity index (χ1) is 22.1. The quantitative estimate of drug-likeness (QED) is 0.269. The topological polar surface area (TPSA) is 130 Å². The Kier molecular flexibility index (Phi) is 7.30. The SMILES string of the molecule is CC(C)NC(=O)[C@@H]1c2c[nH]c3cccc(c23)[C@H]2C=CC(=O)N1C2.CC(C)NC(=O)[C@H]1c2c[nH]c3cccc(c23)[C@@H]2C=CC(=O)N1C2. The van der Waals surface area contributed by atoms with E-state index in [1.807, 2.05) is 76.5 Å². The van der Waals surface area contributed by atoms with Crippen LogP contribution in [0, 0.1) is 0 Å². The highest BCUT2D eigenvalue weighted by Gasteiger charge is 2.41. The van der Waals surface area contributed by atoms with E-state index in [0.717, 1.165) is 32.9 Å². The molecule has 4 bridgehead atoms. The highest BCUT2D eigenvalue weighted by molar-refractivity contribution is 6.01. The van der Waals surface area contributed by atoms with Gasteiger partial charge in [0.25, 0.3) is 0 Å². The molecule has 46 heavy (non-hydrogen) atoms. The molecular weight excluding hydrogens is 580 g/mol. The summed E-state index contributed by atoms with van der Waals surface area (Å²) in [7, 11) is 0. The number of amides is 4. The van der Waals surface area contributed by atoms with E-state index in [4.69, 9.17) is 0 Å². The summed E-state index contributed by atoms with van der Waals surface area (Å²) < 4.78 is 0. The number of hydrogen-bond acceptors (Lipinski definition) is 4. The van der Waals surface area contributed by atoms with E-state index in [2.05, 4.69) is 32.7 Å². The normalized spacial score (nSPS) is 22.6. The molecule has 0 unspecified atom stereocenters. The second-order valence-corrected chi connectivity index (χ2v) is 13.1. The third kappa shape index (κ3) is 4.88. The minimum absolute atomic E-state index is 0.0293. The molecule has 0 fully saturated rings. The minimum atomic E-state index is -0.588. The zero-order valence-electron chi connectivity index (χ0n) is 26.3. The maximum absolute atomic E-state index is 12.8. The molecule has 0 saturated heterocycles. The average Bonchev–Trinajstić information content (AvgIpc) is 3.58. The maximum atomic E-state index is 12.8. The van der Waals surface area contributed by atoms with Crippen molar-refractivity contribution in [2.24, 2.45) is 0 Å². The van der Waals surface area contributed by atoms with E-state index in [1.54, 1.807) is 22.0 Å². The van der Waals surface area contributed by atoms with Crippen LogP contribution in [0.1, 0.15) is 73.9 Å². The van der Waals surface area contributed by atoms with E-state index < -0.39 is 12.1 Å². The first-order valence-corrected chi connectivity index (χ1v) is 15.9. The number of nitrogens with zero attached hydrogens (tertiary/aromatic N) is 2. The minimum Gasteiger partial charge on any atom is -0.361 e. The van der Waals surface area contributed by atoms with Gasteiger partial charge in [-0.05, 0) is 63.1 Å². The second-order valence-electron chi connectivity index (χ2n) is 13.1. The number of H-pyrrole nitrogens is 2. The summed E-state index contributed by atoms with van der Waals surface area (Å²) >= 11 is 0. The number of nitrogens with one attached hydrogen (secondary N) is 4. The Morgan fingerprint density at radius 2 is 1.09 bits per heavy atom. The predicted octanol–water partition coefficient (Wildman–Crippen LogP) is 4.46. The van der Waals surface area contributed by atoms with E-state index in [0.29, 0.717) is 13.1 Å². The Hall–Kier alpha value is -5.12. The lowest BCUT2D eigenvalue weighted by Crippen LogP contribution is -2.46. The summed E-state index contributed by atoms with van der Waals surface area (Å²) in [5.41, 5.74) is 6.13. The van der Waals surface area contributed by atoms with Crippen LogP contribution in [-0.4, -0.2) is 68.6 Å². The molecule has 0 spiro atoms. The molecule has 4 aliphatic rings. The monoisotopic (exact) mass is 618 g/mol. The van der Waals surface area contributed by atoms with Gasteiger partial charge in [-0.15, -0.1) is 0 Å². The molecule has 2 aromatic heterocycles. The van der Waals surface area contributed by atoms with E-state index in [9.17, 15) is 19.2 Å². The van der Waals surface area contributed by atoms with Gasteiger partial charge in [0.2, 0.25) is 23.6 Å². The molecule has 6 heterocycles. The molecule has 4 aliphatic heterocycles. The van der Waals surface area contributed by atoms with Gasteiger partial charge in [0.15, 0.2) is 0 Å². The lowest BCUT2D eigenvalue weighted by molar-refractivity contribution is -0.138. The molecule has 4 aromatic rings. The zero-order valence-corrected chi connectivity index (χ0v) is 26.3. The average molecular weight is 619 g/mol. The molecule has 236 valence electrons. The molecule has 4 amide bonds. The van der Waals surface area contributed by atoms with Crippen LogP contribution in [0.4, 0.5) is 0 Å². The van der Waals surface area contributed by atoms with Gasteiger partial charge in [0, 0.05) is 82.3 Å². The molecule has 0 saturated carbocycles. The molecular formula is C36H38N6O4. The number of fused-ring (bicyclic) bond motifs is 6. The van der Waals surface area contributed by atoms with Gasteiger partial charge in [-0.25, -0.2) is 0 Å². The van der Waals surface area contributed by atoms with Crippen LogP contribution in [0.15, 0.2) is 73.1 Å². The van der Waals surface area contributed by atoms with Crippen molar-refractivity contribution in [3.8, 4) is 0 Å². The van der Waals surface area contributed by atoms with Crippen LogP contribution in [-0.2, 0) is 19.2 Å². The lowest BCUT2D eigenvalue weighted by Gasteiger charge is -2.32. The largest absolute Gasteiger partial charge is 0.361 e. The van der Waals surface area contributed by atoms with Crippen molar-refractivity contribution >= 4 is 45.4 Å². The van der Waals surface area contributed by atoms with Crippen LogP contribution in [0.3, 0.4) is 0 Å². The first-order valence-electron chi connectivity index (χ1n) is 15.9. The van der Waals surface area contributed by atoms with E-state index >= 15 is 0 Å². The van der Waals surface area contributed by atoms with Crippen molar-refractivity contribution in [2.75, 3.05) is 13.1 Å². The maximum Gasteiger partial charge on any atom is 0.247 e. The summed E-state index contributed by atoms with van der Waals surface area (Å²) in [6, 6.07) is 11.1. The molecule has 10 heteroatoms. The van der Waals surface area contributed by atoms with Gasteiger partial charge in [-0.2, -0.15) is 0 Å². The number of carbonyl (C=O) groups is 4.